The van der Waals surface area contributed by atoms with Crippen LogP contribution in [-0.4, -0.2) is 45.3 Å². The molecule has 21 heavy (non-hydrogen) atoms. The van der Waals surface area contributed by atoms with Gasteiger partial charge in [0.2, 0.25) is 5.82 Å². The Hall–Kier alpha value is -2.42. The Balaban J connectivity index is 2.45. The summed E-state index contributed by atoms with van der Waals surface area (Å²) < 4.78 is 0. The first-order valence-corrected chi connectivity index (χ1v) is 6.58. The lowest BCUT2D eigenvalue weighted by atomic mass is 10.0. The highest BCUT2D eigenvalue weighted by molar-refractivity contribution is 5.97. The van der Waals surface area contributed by atoms with Gasteiger partial charge in [-0.15, -0.1) is 0 Å². The van der Waals surface area contributed by atoms with E-state index in [1.54, 1.807) is 4.90 Å². The van der Waals surface area contributed by atoms with Crippen molar-refractivity contribution >= 4 is 17.3 Å². The van der Waals surface area contributed by atoms with E-state index in [0.717, 1.165) is 19.3 Å². The Labute approximate surface area is 120 Å². The monoisotopic (exact) mass is 295 g/mol. The first-order chi connectivity index (χ1) is 10.1. The Bertz CT molecular complexity index is 563. The molecule has 1 aliphatic rings. The van der Waals surface area contributed by atoms with Crippen molar-refractivity contribution in [3.05, 3.63) is 27.9 Å². The van der Waals surface area contributed by atoms with E-state index in [4.69, 9.17) is 10.9 Å². The van der Waals surface area contributed by atoms with E-state index >= 15 is 0 Å². The van der Waals surface area contributed by atoms with Crippen molar-refractivity contribution in [3.63, 3.8) is 0 Å². The molecule has 0 aliphatic carbocycles. The fourth-order valence-corrected chi connectivity index (χ4v) is 2.47. The summed E-state index contributed by atoms with van der Waals surface area (Å²) in [4.78, 5) is 16.5. The van der Waals surface area contributed by atoms with E-state index in [-0.39, 0.29) is 35.6 Å². The maximum atomic E-state index is 11.3. The van der Waals surface area contributed by atoms with Gasteiger partial charge in [0.1, 0.15) is 0 Å². The molecule has 0 amide bonds. The summed E-state index contributed by atoms with van der Waals surface area (Å²) in [7, 11) is 0. The molecule has 1 atom stereocenters. The molecule has 0 radical (unpaired) electrons. The topological polar surface area (TPSA) is 138 Å². The standard InChI is InChI=1S/C12H17N5O4/c13-11(15-19)8-5-10(17(20)21)12(14-6-8)16-4-2-1-3-9(16)7-18/h5-6,9,18-19H,1-4,7H2,(H2,13,15). The second-order valence-electron chi connectivity index (χ2n) is 4.83. The summed E-state index contributed by atoms with van der Waals surface area (Å²) >= 11 is 0. The number of aliphatic hydroxyl groups excluding tert-OH is 1. The number of nitrogens with two attached hydrogens (primary N) is 1. The first kappa shape index (κ1) is 15.0. The van der Waals surface area contributed by atoms with Gasteiger partial charge >= 0.3 is 5.69 Å². The van der Waals surface area contributed by atoms with Gasteiger partial charge in [0.15, 0.2) is 5.84 Å². The van der Waals surface area contributed by atoms with Crippen LogP contribution in [0.1, 0.15) is 24.8 Å². The third kappa shape index (κ3) is 3.02. The van der Waals surface area contributed by atoms with Gasteiger partial charge in [-0.2, -0.15) is 0 Å². The highest BCUT2D eigenvalue weighted by Gasteiger charge is 2.29. The molecule has 2 heterocycles. The third-order valence-electron chi connectivity index (χ3n) is 3.56. The first-order valence-electron chi connectivity index (χ1n) is 6.58. The van der Waals surface area contributed by atoms with E-state index in [9.17, 15) is 15.2 Å². The van der Waals surface area contributed by atoms with Crippen LogP contribution in [-0.2, 0) is 0 Å². The van der Waals surface area contributed by atoms with E-state index in [2.05, 4.69) is 10.1 Å². The molecule has 9 nitrogen and oxygen atoms in total. The van der Waals surface area contributed by atoms with Gasteiger partial charge in [-0.3, -0.25) is 10.1 Å². The van der Waals surface area contributed by atoms with Crippen LogP contribution >= 0.6 is 0 Å². The van der Waals surface area contributed by atoms with Crippen LogP contribution < -0.4 is 10.6 Å². The van der Waals surface area contributed by atoms with Gasteiger partial charge in [0.05, 0.1) is 17.6 Å². The summed E-state index contributed by atoms with van der Waals surface area (Å²) in [6, 6.07) is 1.04. The van der Waals surface area contributed by atoms with Crippen LogP contribution in [0.2, 0.25) is 0 Å². The lowest BCUT2D eigenvalue weighted by molar-refractivity contribution is -0.384. The Kier molecular flexibility index (Phi) is 4.53. The number of pyridine rings is 1. The second-order valence-corrected chi connectivity index (χ2v) is 4.83. The van der Waals surface area contributed by atoms with E-state index in [0.29, 0.717) is 6.54 Å². The third-order valence-corrected chi connectivity index (χ3v) is 3.56. The van der Waals surface area contributed by atoms with Crippen molar-refractivity contribution in [1.29, 1.82) is 0 Å². The minimum absolute atomic E-state index is 0.0825. The maximum Gasteiger partial charge on any atom is 0.312 e. The van der Waals surface area contributed by atoms with Crippen LogP contribution in [0.25, 0.3) is 0 Å². The van der Waals surface area contributed by atoms with Crippen LogP contribution in [0.5, 0.6) is 0 Å². The number of aliphatic hydroxyl groups is 1. The van der Waals surface area contributed by atoms with E-state index in [1.165, 1.54) is 12.3 Å². The lowest BCUT2D eigenvalue weighted by Gasteiger charge is -2.35. The molecule has 1 aliphatic heterocycles. The number of anilines is 1. The number of nitrogens with zero attached hydrogens (tertiary/aromatic N) is 4. The smallest absolute Gasteiger partial charge is 0.312 e. The van der Waals surface area contributed by atoms with Gasteiger partial charge in [0, 0.05) is 24.4 Å². The largest absolute Gasteiger partial charge is 0.409 e. The lowest BCUT2D eigenvalue weighted by Crippen LogP contribution is -2.42. The summed E-state index contributed by atoms with van der Waals surface area (Å²) in [6.45, 7) is 0.517. The average molecular weight is 295 g/mol. The zero-order valence-corrected chi connectivity index (χ0v) is 11.3. The number of amidine groups is 1. The molecule has 0 aromatic carbocycles. The maximum absolute atomic E-state index is 11.3. The van der Waals surface area contributed by atoms with Gasteiger partial charge in [-0.05, 0) is 19.3 Å². The van der Waals surface area contributed by atoms with Gasteiger partial charge in [-0.1, -0.05) is 5.16 Å². The SMILES string of the molecule is NC(=NO)c1cnc(N2CCCCC2CO)c([N+](=O)[O-])c1. The number of piperidine rings is 1. The minimum atomic E-state index is -0.556. The molecule has 9 heteroatoms. The molecular formula is C12H17N5O4. The van der Waals surface area contributed by atoms with Crippen molar-refractivity contribution in [1.82, 2.24) is 4.98 Å². The van der Waals surface area contributed by atoms with Crippen LogP contribution in [0.4, 0.5) is 11.5 Å². The van der Waals surface area contributed by atoms with Crippen LogP contribution in [0.3, 0.4) is 0 Å². The fraction of sp³-hybridized carbons (Fsp3) is 0.500. The Morgan fingerprint density at radius 2 is 2.38 bits per heavy atom. The van der Waals surface area contributed by atoms with Gasteiger partial charge in [0.25, 0.3) is 0 Å². The fourth-order valence-electron chi connectivity index (χ4n) is 2.47. The summed E-state index contributed by atoms with van der Waals surface area (Å²) in [5.41, 5.74) is 5.38. The molecule has 0 saturated carbocycles. The van der Waals surface area contributed by atoms with Crippen molar-refractivity contribution in [3.8, 4) is 0 Å². The Morgan fingerprint density at radius 3 is 3.00 bits per heavy atom. The predicted molar refractivity (Wildman–Crippen MR) is 75.5 cm³/mol. The van der Waals surface area contributed by atoms with Crippen molar-refractivity contribution < 1.29 is 15.2 Å². The van der Waals surface area contributed by atoms with E-state index < -0.39 is 4.92 Å². The minimum Gasteiger partial charge on any atom is -0.409 e. The summed E-state index contributed by atoms with van der Waals surface area (Å²) in [6.07, 6.45) is 3.94. The molecule has 114 valence electrons. The normalized spacial score (nSPS) is 19.6. The Morgan fingerprint density at radius 1 is 1.62 bits per heavy atom. The molecular weight excluding hydrogens is 278 g/mol. The van der Waals surface area contributed by atoms with Crippen LogP contribution in [0, 0.1) is 10.1 Å². The molecule has 1 aromatic rings. The number of hydrogen-bond acceptors (Lipinski definition) is 7. The van der Waals surface area contributed by atoms with Crippen molar-refractivity contribution in [2.75, 3.05) is 18.1 Å². The zero-order chi connectivity index (χ0) is 15.4. The molecule has 2 rings (SSSR count). The molecule has 1 fully saturated rings. The summed E-state index contributed by atoms with van der Waals surface area (Å²) in [5.74, 6) is -0.0391. The van der Waals surface area contributed by atoms with Gasteiger partial charge < -0.3 is 20.9 Å². The number of oxime groups is 1. The molecule has 1 unspecified atom stereocenters. The molecule has 0 bridgehead atoms. The van der Waals surface area contributed by atoms with Crippen molar-refractivity contribution in [2.24, 2.45) is 10.9 Å². The van der Waals surface area contributed by atoms with Crippen molar-refractivity contribution in [2.45, 2.75) is 25.3 Å². The molecule has 1 aromatic heterocycles. The summed E-state index contributed by atoms with van der Waals surface area (Å²) in [5, 5.41) is 32.1. The average Bonchev–Trinajstić information content (AvgIpc) is 2.53. The molecule has 1 saturated heterocycles. The van der Waals surface area contributed by atoms with Gasteiger partial charge in [-0.25, -0.2) is 4.98 Å². The molecule has 4 N–H and O–H groups in total. The number of nitro groups is 1. The van der Waals surface area contributed by atoms with E-state index in [1.807, 2.05) is 0 Å². The number of hydrogen-bond donors (Lipinski definition) is 3. The quantitative estimate of drug-likeness (QED) is 0.241. The zero-order valence-electron chi connectivity index (χ0n) is 11.3. The number of rotatable bonds is 4. The highest BCUT2D eigenvalue weighted by atomic mass is 16.6. The number of aromatic nitrogens is 1. The second kappa shape index (κ2) is 6.35. The molecule has 0 spiro atoms. The highest BCUT2D eigenvalue weighted by Crippen LogP contribution is 2.31. The van der Waals surface area contributed by atoms with Crippen LogP contribution in [0.15, 0.2) is 17.4 Å². The predicted octanol–water partition coefficient (Wildman–Crippen LogP) is 0.435.